The summed E-state index contributed by atoms with van der Waals surface area (Å²) in [5.41, 5.74) is -0.560. The number of hydrogen-bond acceptors (Lipinski definition) is 3. The Morgan fingerprint density at radius 2 is 2.00 bits per heavy atom. The zero-order valence-electron chi connectivity index (χ0n) is 7.02. The maximum Gasteiger partial charge on any atom is 0.325 e. The lowest BCUT2D eigenvalue weighted by Crippen LogP contribution is -2.45. The summed E-state index contributed by atoms with van der Waals surface area (Å²) >= 11 is 0. The first-order chi connectivity index (χ1) is 4.54. The molecule has 0 spiro atoms. The molecule has 68 valence electrons. The summed E-state index contributed by atoms with van der Waals surface area (Å²) in [5.74, 6) is -0.211. The van der Waals surface area contributed by atoms with Crippen LogP contribution in [0.4, 0.5) is 0 Å². The summed E-state index contributed by atoms with van der Waals surface area (Å²) in [6, 6.07) is 0. The van der Waals surface area contributed by atoms with Crippen LogP contribution in [-0.4, -0.2) is 25.2 Å². The highest BCUT2D eigenvalue weighted by molar-refractivity contribution is 5.79. The number of carbonyl (C=O) groups excluding carboxylic acids is 1. The van der Waals surface area contributed by atoms with Crippen molar-refractivity contribution in [2.75, 3.05) is 13.7 Å². The molecule has 0 atom stereocenters. The molecule has 0 bridgehead atoms. The molecule has 0 heterocycles. The van der Waals surface area contributed by atoms with Gasteiger partial charge in [-0.3, -0.25) is 4.79 Å². The van der Waals surface area contributed by atoms with Crippen LogP contribution in [0.25, 0.3) is 0 Å². The van der Waals surface area contributed by atoms with Gasteiger partial charge in [0.1, 0.15) is 5.54 Å². The first-order valence-corrected chi connectivity index (χ1v) is 3.40. The van der Waals surface area contributed by atoms with Crippen molar-refractivity contribution in [2.45, 2.75) is 33.7 Å². The fourth-order valence-corrected chi connectivity index (χ4v) is 0.414. The highest BCUT2D eigenvalue weighted by atomic mass is 16.5. The van der Waals surface area contributed by atoms with Crippen LogP contribution in [0.1, 0.15) is 28.2 Å². The molecule has 11 heavy (non-hydrogen) atoms. The van der Waals surface area contributed by atoms with E-state index in [0.29, 0.717) is 6.61 Å². The fourth-order valence-electron chi connectivity index (χ4n) is 0.414. The van der Waals surface area contributed by atoms with E-state index in [9.17, 15) is 4.79 Å². The average molecular weight is 161 g/mol. The molecular weight excluding hydrogens is 142 g/mol. The quantitative estimate of drug-likeness (QED) is 0.632. The lowest BCUT2D eigenvalue weighted by Gasteiger charge is -2.20. The van der Waals surface area contributed by atoms with Crippen LogP contribution in [0.3, 0.4) is 0 Å². The number of hydrogen-bond donors (Lipinski definition) is 1. The summed E-state index contributed by atoms with van der Waals surface area (Å²) in [5, 5.41) is 2.85. The second-order valence-corrected chi connectivity index (χ2v) is 2.60. The third kappa shape index (κ3) is 3.98. The third-order valence-electron chi connectivity index (χ3n) is 1.41. The molecule has 1 N–H and O–H groups in total. The van der Waals surface area contributed by atoms with Crippen LogP contribution < -0.4 is 5.32 Å². The normalized spacial score (nSPS) is 10.2. The largest absolute Gasteiger partial charge is 0.465 e. The number of rotatable bonds is 3. The van der Waals surface area contributed by atoms with Gasteiger partial charge >= 0.3 is 5.97 Å². The Kier molecular flexibility index (Phi) is 6.09. The molecular formula is C8H19NO2. The van der Waals surface area contributed by atoms with Crippen LogP contribution in [-0.2, 0) is 9.53 Å². The van der Waals surface area contributed by atoms with E-state index < -0.39 is 5.54 Å². The van der Waals surface area contributed by atoms with Crippen molar-refractivity contribution in [1.82, 2.24) is 5.32 Å². The maximum absolute atomic E-state index is 11.0. The number of nitrogens with one attached hydrogen (secondary N) is 1. The summed E-state index contributed by atoms with van der Waals surface area (Å²) in [6.45, 7) is 5.80. The van der Waals surface area contributed by atoms with Gasteiger partial charge in [-0.2, -0.15) is 0 Å². The van der Waals surface area contributed by atoms with Crippen molar-refractivity contribution >= 4 is 5.97 Å². The average Bonchev–Trinajstić information content (AvgIpc) is 1.89. The van der Waals surface area contributed by atoms with E-state index in [1.54, 1.807) is 27.8 Å². The summed E-state index contributed by atoms with van der Waals surface area (Å²) < 4.78 is 4.80. The molecule has 0 unspecified atom stereocenters. The van der Waals surface area contributed by atoms with Gasteiger partial charge in [-0.15, -0.1) is 0 Å². The highest BCUT2D eigenvalue weighted by Crippen LogP contribution is 2.02. The second kappa shape index (κ2) is 5.13. The molecule has 0 aliphatic heterocycles. The molecule has 0 aliphatic rings. The van der Waals surface area contributed by atoms with Gasteiger partial charge < -0.3 is 10.1 Å². The minimum Gasteiger partial charge on any atom is -0.465 e. The van der Waals surface area contributed by atoms with Gasteiger partial charge in [0, 0.05) is 0 Å². The van der Waals surface area contributed by atoms with Gasteiger partial charge in [0.25, 0.3) is 0 Å². The van der Waals surface area contributed by atoms with Gasteiger partial charge in [0.05, 0.1) is 6.61 Å². The van der Waals surface area contributed by atoms with Crippen molar-refractivity contribution in [3.63, 3.8) is 0 Å². The van der Waals surface area contributed by atoms with E-state index in [1.807, 2.05) is 0 Å². The lowest BCUT2D eigenvalue weighted by molar-refractivity contribution is -0.149. The summed E-state index contributed by atoms with van der Waals surface area (Å²) in [7, 11) is 1.73. The molecule has 3 nitrogen and oxygen atoms in total. The SMILES string of the molecule is C.CCOC(=O)C(C)(C)NC. The Hall–Kier alpha value is -0.570. The van der Waals surface area contributed by atoms with E-state index in [0.717, 1.165) is 0 Å². The lowest BCUT2D eigenvalue weighted by atomic mass is 10.1. The van der Waals surface area contributed by atoms with Crippen LogP contribution in [0, 0.1) is 0 Å². The van der Waals surface area contributed by atoms with Gasteiger partial charge in [-0.05, 0) is 27.8 Å². The van der Waals surface area contributed by atoms with Crippen molar-refractivity contribution in [3.05, 3.63) is 0 Å². The molecule has 0 saturated heterocycles. The van der Waals surface area contributed by atoms with Gasteiger partial charge in [-0.25, -0.2) is 0 Å². The second-order valence-electron chi connectivity index (χ2n) is 2.60. The Bertz CT molecular complexity index is 121. The van der Waals surface area contributed by atoms with Crippen molar-refractivity contribution in [1.29, 1.82) is 0 Å². The first-order valence-electron chi connectivity index (χ1n) is 3.40. The van der Waals surface area contributed by atoms with Crippen molar-refractivity contribution in [2.24, 2.45) is 0 Å². The molecule has 0 aliphatic carbocycles. The smallest absolute Gasteiger partial charge is 0.325 e. The molecule has 0 fully saturated rings. The number of likely N-dealkylation sites (N-methyl/N-ethyl adjacent to an activating group) is 1. The van der Waals surface area contributed by atoms with Gasteiger partial charge in [0.15, 0.2) is 0 Å². The van der Waals surface area contributed by atoms with Crippen LogP contribution in [0.5, 0.6) is 0 Å². The summed E-state index contributed by atoms with van der Waals surface area (Å²) in [6.07, 6.45) is 0. The Morgan fingerprint density at radius 3 is 2.27 bits per heavy atom. The topological polar surface area (TPSA) is 38.3 Å². The van der Waals surface area contributed by atoms with E-state index in [4.69, 9.17) is 4.74 Å². The standard InChI is InChI=1S/C7H15NO2.CH4/c1-5-10-6(9)7(2,3)8-4;/h8H,5H2,1-4H3;1H4. The minimum absolute atomic E-state index is 0. The molecule has 0 radical (unpaired) electrons. The fraction of sp³-hybridized carbons (Fsp3) is 0.875. The first kappa shape index (κ1) is 13.1. The molecule has 0 saturated carbocycles. The van der Waals surface area contributed by atoms with E-state index in [2.05, 4.69) is 5.32 Å². The zero-order chi connectivity index (χ0) is 8.20. The Labute approximate surface area is 69.1 Å². The minimum atomic E-state index is -0.560. The Morgan fingerprint density at radius 1 is 1.55 bits per heavy atom. The number of ether oxygens (including phenoxy) is 1. The van der Waals surface area contributed by atoms with Crippen molar-refractivity contribution in [3.8, 4) is 0 Å². The van der Waals surface area contributed by atoms with Crippen LogP contribution in [0.2, 0.25) is 0 Å². The van der Waals surface area contributed by atoms with Crippen molar-refractivity contribution < 1.29 is 9.53 Å². The van der Waals surface area contributed by atoms with Crippen LogP contribution >= 0.6 is 0 Å². The Balaban J connectivity index is 0. The third-order valence-corrected chi connectivity index (χ3v) is 1.41. The predicted molar refractivity (Wildman–Crippen MR) is 46.5 cm³/mol. The van der Waals surface area contributed by atoms with Crippen LogP contribution in [0.15, 0.2) is 0 Å². The van der Waals surface area contributed by atoms with E-state index in [-0.39, 0.29) is 13.4 Å². The van der Waals surface area contributed by atoms with Gasteiger partial charge in [-0.1, -0.05) is 7.43 Å². The zero-order valence-corrected chi connectivity index (χ0v) is 7.02. The number of esters is 1. The molecule has 0 aromatic rings. The number of carbonyl (C=O) groups is 1. The van der Waals surface area contributed by atoms with E-state index in [1.165, 1.54) is 0 Å². The highest BCUT2D eigenvalue weighted by Gasteiger charge is 2.26. The van der Waals surface area contributed by atoms with E-state index >= 15 is 0 Å². The predicted octanol–water partition coefficient (Wildman–Crippen LogP) is 1.18. The molecule has 0 rings (SSSR count). The molecule has 0 aromatic carbocycles. The molecule has 0 aromatic heterocycles. The molecule has 0 amide bonds. The van der Waals surface area contributed by atoms with Gasteiger partial charge in [0.2, 0.25) is 0 Å². The maximum atomic E-state index is 11.0. The summed E-state index contributed by atoms with van der Waals surface area (Å²) in [4.78, 5) is 11.0. The molecule has 3 heteroatoms. The monoisotopic (exact) mass is 161 g/mol.